The summed E-state index contributed by atoms with van der Waals surface area (Å²) in [5, 5.41) is 14.1. The maximum Gasteiger partial charge on any atom is 0.405 e. The fraction of sp³-hybridized carbons (Fsp3) is 0.278. The van der Waals surface area contributed by atoms with Crippen LogP contribution in [0, 0.1) is 5.21 Å². The summed E-state index contributed by atoms with van der Waals surface area (Å²) in [5.74, 6) is -1.56. The summed E-state index contributed by atoms with van der Waals surface area (Å²) in [6.45, 7) is 4.77. The van der Waals surface area contributed by atoms with Crippen molar-refractivity contribution in [2.75, 3.05) is 5.32 Å². The van der Waals surface area contributed by atoms with Crippen molar-refractivity contribution in [3.63, 3.8) is 0 Å². The average Bonchev–Trinajstić information content (AvgIpc) is 2.61. The largest absolute Gasteiger partial charge is 0.618 e. The van der Waals surface area contributed by atoms with E-state index < -0.39 is 28.0 Å². The highest BCUT2D eigenvalue weighted by Gasteiger charge is 2.24. The molecule has 0 aliphatic carbocycles. The number of pyridine rings is 1. The summed E-state index contributed by atoms with van der Waals surface area (Å²) in [6, 6.07) is 9.53. The van der Waals surface area contributed by atoms with Crippen LogP contribution < -0.4 is 14.8 Å². The number of ether oxygens (including phenoxy) is 1. The first kappa shape index (κ1) is 21.3. The van der Waals surface area contributed by atoms with E-state index in [0.717, 1.165) is 6.20 Å². The van der Waals surface area contributed by atoms with Crippen molar-refractivity contribution < 1.29 is 27.5 Å². The molecule has 0 spiro atoms. The molecule has 0 aliphatic rings. The number of carbonyl (C=O) groups is 2. The van der Waals surface area contributed by atoms with Gasteiger partial charge in [-0.25, -0.2) is 17.9 Å². The number of hydrogen-bond acceptors (Lipinski definition) is 6. The van der Waals surface area contributed by atoms with Crippen LogP contribution in [-0.4, -0.2) is 32.4 Å². The van der Waals surface area contributed by atoms with Crippen LogP contribution in [0.5, 0.6) is 0 Å². The molecule has 9 nitrogen and oxygen atoms in total. The summed E-state index contributed by atoms with van der Waals surface area (Å²) >= 11 is 0. The number of hydrogen-bond donors (Lipinski definition) is 2. The summed E-state index contributed by atoms with van der Waals surface area (Å²) in [4.78, 5) is 24.2. The number of anilines is 1. The smallest absolute Gasteiger partial charge is 0.405 e. The summed E-state index contributed by atoms with van der Waals surface area (Å²) < 4.78 is 32.0. The van der Waals surface area contributed by atoms with Gasteiger partial charge in [-0.2, -0.15) is 4.73 Å². The van der Waals surface area contributed by atoms with Crippen LogP contribution in [0.15, 0.2) is 53.6 Å². The molecule has 0 saturated carbocycles. The molecule has 2 N–H and O–H groups in total. The second kappa shape index (κ2) is 8.81. The van der Waals surface area contributed by atoms with E-state index in [1.54, 1.807) is 13.8 Å². The highest BCUT2D eigenvalue weighted by Crippen LogP contribution is 2.15. The number of carbonyl (C=O) groups excluding carboxylic acids is 2. The molecule has 0 saturated heterocycles. The normalized spacial score (nSPS) is 12.4. The predicted molar refractivity (Wildman–Crippen MR) is 101 cm³/mol. The Hall–Kier alpha value is -2.98. The van der Waals surface area contributed by atoms with E-state index in [2.05, 4.69) is 10.0 Å². The molecule has 2 rings (SSSR count). The standard InChI is InChI=1S/C18H21N3O6S/c1-12(2)20-28(25,26)15-9-7-14(8-10-15)19-17(22)13(3)27-18(23)16-6-4-5-11-21(16)24/h4-13,20H,1-3H3,(H,19,22)/t13-/m0/s1. The van der Waals surface area contributed by atoms with Crippen LogP contribution in [0.2, 0.25) is 0 Å². The van der Waals surface area contributed by atoms with Crippen molar-refractivity contribution in [2.24, 2.45) is 0 Å². The topological polar surface area (TPSA) is 129 Å². The molecule has 1 heterocycles. The van der Waals surface area contributed by atoms with E-state index in [9.17, 15) is 23.2 Å². The van der Waals surface area contributed by atoms with Crippen molar-refractivity contribution in [1.29, 1.82) is 0 Å². The zero-order chi connectivity index (χ0) is 20.9. The van der Waals surface area contributed by atoms with Gasteiger partial charge in [0.15, 0.2) is 12.3 Å². The molecule has 1 amide bonds. The average molecular weight is 407 g/mol. The van der Waals surface area contributed by atoms with E-state index in [-0.39, 0.29) is 16.6 Å². The van der Waals surface area contributed by atoms with E-state index in [1.165, 1.54) is 49.4 Å². The quantitative estimate of drug-likeness (QED) is 0.403. The van der Waals surface area contributed by atoms with Crippen LogP contribution in [0.1, 0.15) is 31.3 Å². The molecule has 1 aromatic carbocycles. The molecule has 0 radical (unpaired) electrons. The maximum atomic E-state index is 12.2. The minimum Gasteiger partial charge on any atom is -0.618 e. The molecule has 0 bridgehead atoms. The number of benzene rings is 1. The molecule has 10 heteroatoms. The lowest BCUT2D eigenvalue weighted by Crippen LogP contribution is -2.37. The summed E-state index contributed by atoms with van der Waals surface area (Å²) in [6.07, 6.45) is -0.0239. The molecule has 150 valence electrons. The van der Waals surface area contributed by atoms with Crippen molar-refractivity contribution >= 4 is 27.6 Å². The van der Waals surface area contributed by atoms with Gasteiger partial charge in [-0.3, -0.25) is 4.79 Å². The van der Waals surface area contributed by atoms with E-state index in [0.29, 0.717) is 10.4 Å². The Morgan fingerprint density at radius 3 is 2.29 bits per heavy atom. The Kier molecular flexibility index (Phi) is 6.71. The molecule has 0 unspecified atom stereocenters. The highest BCUT2D eigenvalue weighted by atomic mass is 32.2. The molecule has 1 aromatic heterocycles. The lowest BCUT2D eigenvalue weighted by molar-refractivity contribution is -0.608. The van der Waals surface area contributed by atoms with Gasteiger partial charge in [0.25, 0.3) is 5.91 Å². The minimum atomic E-state index is -3.64. The van der Waals surface area contributed by atoms with Gasteiger partial charge < -0.3 is 15.3 Å². The summed E-state index contributed by atoms with van der Waals surface area (Å²) in [5.41, 5.74) is 0.0874. The number of rotatable bonds is 7. The van der Waals surface area contributed by atoms with Gasteiger partial charge in [-0.15, -0.1) is 0 Å². The maximum absolute atomic E-state index is 12.2. The van der Waals surface area contributed by atoms with Crippen LogP contribution in [-0.2, 0) is 19.6 Å². The number of nitrogens with zero attached hydrogens (tertiary/aromatic N) is 1. The van der Waals surface area contributed by atoms with Crippen LogP contribution in [0.4, 0.5) is 5.69 Å². The van der Waals surface area contributed by atoms with E-state index >= 15 is 0 Å². The number of sulfonamides is 1. The van der Waals surface area contributed by atoms with Gasteiger partial charge in [-0.05, 0) is 51.1 Å². The van der Waals surface area contributed by atoms with Crippen LogP contribution in [0.3, 0.4) is 0 Å². The molecule has 2 aromatic rings. The second-order valence-electron chi connectivity index (χ2n) is 6.25. The first-order valence-electron chi connectivity index (χ1n) is 8.42. The zero-order valence-electron chi connectivity index (χ0n) is 15.6. The fourth-order valence-corrected chi connectivity index (χ4v) is 3.45. The van der Waals surface area contributed by atoms with Crippen molar-refractivity contribution in [2.45, 2.75) is 37.8 Å². The predicted octanol–water partition coefficient (Wildman–Crippen LogP) is 1.19. The van der Waals surface area contributed by atoms with Gasteiger partial charge in [0, 0.05) is 23.9 Å². The Morgan fingerprint density at radius 1 is 1.07 bits per heavy atom. The SMILES string of the molecule is CC(C)NS(=O)(=O)c1ccc(NC(=O)[C@H](C)OC(=O)c2cccc[n+]2[O-])cc1. The summed E-state index contributed by atoms with van der Waals surface area (Å²) in [7, 11) is -3.64. The molecular formula is C18H21N3O6S. The fourth-order valence-electron chi connectivity index (χ4n) is 2.20. The van der Waals surface area contributed by atoms with E-state index in [1.807, 2.05) is 0 Å². The molecule has 0 fully saturated rings. The number of nitrogens with one attached hydrogen (secondary N) is 2. The third-order valence-electron chi connectivity index (χ3n) is 3.51. The zero-order valence-corrected chi connectivity index (χ0v) is 16.4. The van der Waals surface area contributed by atoms with E-state index in [4.69, 9.17) is 4.74 Å². The van der Waals surface area contributed by atoms with Crippen molar-refractivity contribution in [1.82, 2.24) is 4.72 Å². The Morgan fingerprint density at radius 2 is 1.71 bits per heavy atom. The molecule has 1 atom stereocenters. The first-order valence-corrected chi connectivity index (χ1v) is 9.91. The monoisotopic (exact) mass is 407 g/mol. The Balaban J connectivity index is 2.00. The molecule has 0 aliphatic heterocycles. The van der Waals surface area contributed by atoms with Gasteiger partial charge in [0.2, 0.25) is 10.0 Å². The first-order chi connectivity index (χ1) is 13.1. The van der Waals surface area contributed by atoms with Gasteiger partial charge in [0.05, 0.1) is 4.90 Å². The van der Waals surface area contributed by atoms with Gasteiger partial charge >= 0.3 is 11.7 Å². The van der Waals surface area contributed by atoms with Crippen LogP contribution >= 0.6 is 0 Å². The number of esters is 1. The molecule has 28 heavy (non-hydrogen) atoms. The van der Waals surface area contributed by atoms with Gasteiger partial charge in [-0.1, -0.05) is 0 Å². The third-order valence-corrected chi connectivity index (χ3v) is 5.18. The second-order valence-corrected chi connectivity index (χ2v) is 7.96. The van der Waals surface area contributed by atoms with Crippen molar-refractivity contribution in [3.05, 3.63) is 59.6 Å². The van der Waals surface area contributed by atoms with Crippen molar-refractivity contribution in [3.8, 4) is 0 Å². The Labute approximate surface area is 163 Å². The lowest BCUT2D eigenvalue weighted by atomic mass is 10.3. The van der Waals surface area contributed by atoms with Crippen LogP contribution in [0.25, 0.3) is 0 Å². The van der Waals surface area contributed by atoms with Gasteiger partial charge in [0.1, 0.15) is 0 Å². The lowest BCUT2D eigenvalue weighted by Gasteiger charge is -2.14. The minimum absolute atomic E-state index is 0.0581. The number of aromatic nitrogens is 1. The highest BCUT2D eigenvalue weighted by molar-refractivity contribution is 7.89. The molecular weight excluding hydrogens is 386 g/mol. The third kappa shape index (κ3) is 5.51. The Bertz CT molecular complexity index is 958. The number of amides is 1.